The summed E-state index contributed by atoms with van der Waals surface area (Å²) in [5, 5.41) is 3.64. The highest BCUT2D eigenvalue weighted by Crippen LogP contribution is 2.37. The van der Waals surface area contributed by atoms with Crippen molar-refractivity contribution >= 4 is 12.4 Å². The van der Waals surface area contributed by atoms with Crippen molar-refractivity contribution in [3.8, 4) is 11.5 Å². The van der Waals surface area contributed by atoms with Crippen molar-refractivity contribution in [3.63, 3.8) is 0 Å². The molecule has 0 saturated heterocycles. The van der Waals surface area contributed by atoms with Gasteiger partial charge in [0, 0.05) is 6.54 Å². The minimum atomic E-state index is 0. The van der Waals surface area contributed by atoms with Gasteiger partial charge < -0.3 is 14.8 Å². The molecule has 1 heterocycles. The summed E-state index contributed by atoms with van der Waals surface area (Å²) in [5.41, 5.74) is 5.43. The lowest BCUT2D eigenvalue weighted by molar-refractivity contribution is 0.353. The highest BCUT2D eigenvalue weighted by atomic mass is 35.5. The second-order valence-corrected chi connectivity index (χ2v) is 7.42. The molecular formula is C21H28ClNO2. The minimum absolute atomic E-state index is 0. The van der Waals surface area contributed by atoms with E-state index in [0.717, 1.165) is 24.5 Å². The van der Waals surface area contributed by atoms with Gasteiger partial charge in [0.15, 0.2) is 11.5 Å². The van der Waals surface area contributed by atoms with E-state index >= 15 is 0 Å². The molecule has 0 saturated carbocycles. The first kappa shape index (κ1) is 19.6. The maximum absolute atomic E-state index is 5.50. The van der Waals surface area contributed by atoms with Crippen LogP contribution in [0.1, 0.15) is 49.1 Å². The van der Waals surface area contributed by atoms with Gasteiger partial charge in [0.1, 0.15) is 0 Å². The molecule has 1 atom stereocenters. The van der Waals surface area contributed by atoms with Gasteiger partial charge in [0.2, 0.25) is 0 Å². The Hall–Kier alpha value is -1.71. The summed E-state index contributed by atoms with van der Waals surface area (Å²) in [7, 11) is 3.38. The Labute approximate surface area is 157 Å². The minimum Gasteiger partial charge on any atom is -0.493 e. The van der Waals surface area contributed by atoms with E-state index in [1.807, 2.05) is 0 Å². The van der Waals surface area contributed by atoms with Crippen molar-refractivity contribution in [1.29, 1.82) is 0 Å². The monoisotopic (exact) mass is 361 g/mol. The summed E-state index contributed by atoms with van der Waals surface area (Å²) in [6, 6.07) is 13.4. The molecule has 0 radical (unpaired) electrons. The molecule has 0 aromatic heterocycles. The van der Waals surface area contributed by atoms with Gasteiger partial charge in [0.25, 0.3) is 0 Å². The van der Waals surface area contributed by atoms with Gasteiger partial charge in [0.05, 0.1) is 20.3 Å². The zero-order valence-corrected chi connectivity index (χ0v) is 16.5. The lowest BCUT2D eigenvalue weighted by atomic mass is 9.84. The molecule has 3 rings (SSSR count). The molecule has 1 aliphatic heterocycles. The van der Waals surface area contributed by atoms with Gasteiger partial charge in [-0.05, 0) is 46.2 Å². The first-order valence-electron chi connectivity index (χ1n) is 8.52. The van der Waals surface area contributed by atoms with Crippen molar-refractivity contribution in [2.24, 2.45) is 0 Å². The van der Waals surface area contributed by atoms with Crippen LogP contribution in [0.5, 0.6) is 11.5 Å². The number of hydrogen-bond donors (Lipinski definition) is 1. The van der Waals surface area contributed by atoms with Gasteiger partial charge in [-0.25, -0.2) is 0 Å². The lowest BCUT2D eigenvalue weighted by Crippen LogP contribution is -2.30. The molecule has 1 unspecified atom stereocenters. The summed E-state index contributed by atoms with van der Waals surface area (Å²) in [6.45, 7) is 7.70. The van der Waals surface area contributed by atoms with Gasteiger partial charge in [-0.1, -0.05) is 45.0 Å². The first-order chi connectivity index (χ1) is 11.4. The average molecular weight is 362 g/mol. The molecule has 4 heteroatoms. The topological polar surface area (TPSA) is 30.5 Å². The average Bonchev–Trinajstić information content (AvgIpc) is 2.59. The van der Waals surface area contributed by atoms with Gasteiger partial charge in [-0.3, -0.25) is 0 Å². The third kappa shape index (κ3) is 3.94. The number of halogens is 1. The SMILES string of the molecule is COc1cc2c(cc1OC)C(c1ccc(C(C)(C)C)cc1)NCC2.Cl. The summed E-state index contributed by atoms with van der Waals surface area (Å²) in [5.74, 6) is 1.59. The van der Waals surface area contributed by atoms with Gasteiger partial charge >= 0.3 is 0 Å². The largest absolute Gasteiger partial charge is 0.493 e. The Morgan fingerprint density at radius 2 is 1.56 bits per heavy atom. The van der Waals surface area contributed by atoms with E-state index in [1.54, 1.807) is 14.2 Å². The molecule has 0 amide bonds. The standard InChI is InChI=1S/C21H27NO2.ClH/c1-21(2,3)16-8-6-14(7-9-16)20-17-13-19(24-5)18(23-4)12-15(17)10-11-22-20;/h6-9,12-13,20,22H,10-11H2,1-5H3;1H. The van der Waals surface area contributed by atoms with E-state index in [1.165, 1.54) is 22.3 Å². The van der Waals surface area contributed by atoms with E-state index in [4.69, 9.17) is 9.47 Å². The maximum Gasteiger partial charge on any atom is 0.161 e. The highest BCUT2D eigenvalue weighted by Gasteiger charge is 2.24. The number of hydrogen-bond acceptors (Lipinski definition) is 3. The summed E-state index contributed by atoms with van der Waals surface area (Å²) in [4.78, 5) is 0. The predicted molar refractivity (Wildman–Crippen MR) is 105 cm³/mol. The van der Waals surface area contributed by atoms with Gasteiger partial charge in [-0.2, -0.15) is 0 Å². The van der Waals surface area contributed by atoms with Crippen LogP contribution in [0.2, 0.25) is 0 Å². The fourth-order valence-corrected chi connectivity index (χ4v) is 3.36. The smallest absolute Gasteiger partial charge is 0.161 e. The summed E-state index contributed by atoms with van der Waals surface area (Å²) >= 11 is 0. The molecular weight excluding hydrogens is 334 g/mol. The Morgan fingerprint density at radius 1 is 0.960 bits per heavy atom. The van der Waals surface area contributed by atoms with Crippen LogP contribution in [-0.2, 0) is 11.8 Å². The molecule has 0 bridgehead atoms. The van der Waals surface area contributed by atoms with Crippen LogP contribution in [0, 0.1) is 0 Å². The van der Waals surface area contributed by atoms with E-state index in [2.05, 4.69) is 62.5 Å². The molecule has 136 valence electrons. The van der Waals surface area contributed by atoms with Gasteiger partial charge in [-0.15, -0.1) is 12.4 Å². The Bertz CT molecular complexity index is 720. The van der Waals surface area contributed by atoms with E-state index in [9.17, 15) is 0 Å². The van der Waals surface area contributed by atoms with Crippen molar-refractivity contribution in [2.45, 2.75) is 38.6 Å². The summed E-state index contributed by atoms with van der Waals surface area (Å²) < 4.78 is 10.9. The van der Waals surface area contributed by atoms with E-state index < -0.39 is 0 Å². The second kappa shape index (κ2) is 7.67. The fraction of sp³-hybridized carbons (Fsp3) is 0.429. The molecule has 0 spiro atoms. The molecule has 1 aliphatic rings. The zero-order chi connectivity index (χ0) is 17.3. The highest BCUT2D eigenvalue weighted by molar-refractivity contribution is 5.85. The molecule has 2 aromatic carbocycles. The van der Waals surface area contributed by atoms with Crippen LogP contribution >= 0.6 is 12.4 Å². The molecule has 3 nitrogen and oxygen atoms in total. The van der Waals surface area contributed by atoms with Crippen molar-refractivity contribution in [3.05, 3.63) is 58.7 Å². The molecule has 25 heavy (non-hydrogen) atoms. The molecule has 0 fully saturated rings. The van der Waals surface area contributed by atoms with Crippen LogP contribution in [0.15, 0.2) is 36.4 Å². The number of ether oxygens (including phenoxy) is 2. The Morgan fingerprint density at radius 3 is 2.12 bits per heavy atom. The Kier molecular flexibility index (Phi) is 6.02. The second-order valence-electron chi connectivity index (χ2n) is 7.42. The number of fused-ring (bicyclic) bond motifs is 1. The normalized spacial score (nSPS) is 16.6. The lowest BCUT2D eigenvalue weighted by Gasteiger charge is -2.29. The Balaban J connectivity index is 0.00000225. The first-order valence-corrected chi connectivity index (χ1v) is 8.52. The zero-order valence-electron chi connectivity index (χ0n) is 15.7. The summed E-state index contributed by atoms with van der Waals surface area (Å²) in [6.07, 6.45) is 1.01. The van der Waals surface area contributed by atoms with Crippen molar-refractivity contribution in [2.75, 3.05) is 20.8 Å². The van der Waals surface area contributed by atoms with Crippen LogP contribution in [0.25, 0.3) is 0 Å². The van der Waals surface area contributed by atoms with Crippen LogP contribution in [0.4, 0.5) is 0 Å². The number of nitrogens with one attached hydrogen (secondary N) is 1. The number of methoxy groups -OCH3 is 2. The molecule has 2 aromatic rings. The van der Waals surface area contributed by atoms with Crippen LogP contribution < -0.4 is 14.8 Å². The fourth-order valence-electron chi connectivity index (χ4n) is 3.36. The van der Waals surface area contributed by atoms with Crippen molar-refractivity contribution in [1.82, 2.24) is 5.32 Å². The predicted octanol–water partition coefficient (Wildman–Crippen LogP) is 4.66. The van der Waals surface area contributed by atoms with E-state index in [0.29, 0.717) is 0 Å². The van der Waals surface area contributed by atoms with Crippen LogP contribution in [0.3, 0.4) is 0 Å². The number of rotatable bonds is 3. The molecule has 0 aliphatic carbocycles. The number of benzene rings is 2. The molecule has 1 N–H and O–H groups in total. The van der Waals surface area contributed by atoms with Crippen LogP contribution in [-0.4, -0.2) is 20.8 Å². The quantitative estimate of drug-likeness (QED) is 0.862. The third-order valence-corrected chi connectivity index (χ3v) is 4.81. The van der Waals surface area contributed by atoms with E-state index in [-0.39, 0.29) is 23.9 Å². The van der Waals surface area contributed by atoms with Crippen molar-refractivity contribution < 1.29 is 9.47 Å². The maximum atomic E-state index is 5.50. The third-order valence-electron chi connectivity index (χ3n) is 4.81.